The van der Waals surface area contributed by atoms with Gasteiger partial charge in [0.1, 0.15) is 5.78 Å². The summed E-state index contributed by atoms with van der Waals surface area (Å²) in [6, 6.07) is 16.3. The van der Waals surface area contributed by atoms with Crippen LogP contribution in [0.3, 0.4) is 0 Å². The molecule has 4 N–H and O–H groups in total. The number of pyridine rings is 1. The maximum Gasteiger partial charge on any atom is 0.433 e. The van der Waals surface area contributed by atoms with Crippen LogP contribution in [-0.2, 0) is 22.2 Å². The molecule has 1 aliphatic rings. The van der Waals surface area contributed by atoms with E-state index in [0.29, 0.717) is 35.1 Å². The molecule has 224 valence electrons. The van der Waals surface area contributed by atoms with Gasteiger partial charge in [-0.25, -0.2) is 0 Å². The molecule has 1 fully saturated rings. The molecular formula is C31H32F3N7O2. The quantitative estimate of drug-likeness (QED) is 0.222. The normalized spacial score (nSPS) is 17.8. The highest BCUT2D eigenvalue weighted by Crippen LogP contribution is 2.36. The van der Waals surface area contributed by atoms with Crippen molar-refractivity contribution in [3.63, 3.8) is 0 Å². The number of hydrogen-bond donors (Lipinski definition) is 3. The van der Waals surface area contributed by atoms with Crippen molar-refractivity contribution in [1.82, 2.24) is 25.6 Å². The van der Waals surface area contributed by atoms with Crippen LogP contribution in [0.2, 0.25) is 0 Å². The maximum absolute atomic E-state index is 13.5. The predicted octanol–water partition coefficient (Wildman–Crippen LogP) is 5.47. The van der Waals surface area contributed by atoms with Crippen molar-refractivity contribution >= 4 is 17.4 Å². The van der Waals surface area contributed by atoms with Gasteiger partial charge in [-0.2, -0.15) is 18.4 Å². The molecule has 0 bridgehead atoms. The van der Waals surface area contributed by atoms with Crippen LogP contribution >= 0.6 is 0 Å². The van der Waals surface area contributed by atoms with Crippen molar-refractivity contribution in [1.29, 1.82) is 0 Å². The number of tetrazole rings is 1. The lowest BCUT2D eigenvalue weighted by Gasteiger charge is -2.27. The van der Waals surface area contributed by atoms with E-state index in [-0.39, 0.29) is 36.0 Å². The molecule has 2 heterocycles. The molecular weight excluding hydrogens is 559 g/mol. The van der Waals surface area contributed by atoms with Gasteiger partial charge in [-0.15, -0.1) is 10.2 Å². The summed E-state index contributed by atoms with van der Waals surface area (Å²) in [5, 5.41) is 16.7. The van der Waals surface area contributed by atoms with Crippen LogP contribution in [0, 0.1) is 17.8 Å². The zero-order valence-electron chi connectivity index (χ0n) is 23.3. The molecule has 2 aromatic heterocycles. The fourth-order valence-electron chi connectivity index (χ4n) is 5.59. The van der Waals surface area contributed by atoms with Gasteiger partial charge in [0, 0.05) is 41.3 Å². The van der Waals surface area contributed by atoms with Crippen molar-refractivity contribution in [2.24, 2.45) is 23.5 Å². The average molecular weight is 592 g/mol. The highest BCUT2D eigenvalue weighted by molar-refractivity contribution is 5.96. The number of anilines is 1. The summed E-state index contributed by atoms with van der Waals surface area (Å²) in [4.78, 5) is 30.4. The Hall–Kier alpha value is -4.45. The van der Waals surface area contributed by atoms with Crippen LogP contribution < -0.4 is 11.1 Å². The molecule has 0 spiro atoms. The van der Waals surface area contributed by atoms with Crippen LogP contribution in [0.15, 0.2) is 66.9 Å². The number of halogens is 3. The minimum absolute atomic E-state index is 0.0247. The molecule has 1 atom stereocenters. The molecule has 4 aromatic rings. The molecule has 5 rings (SSSR count). The second-order valence-electron chi connectivity index (χ2n) is 10.9. The van der Waals surface area contributed by atoms with Gasteiger partial charge in [0.2, 0.25) is 11.7 Å². The largest absolute Gasteiger partial charge is 0.433 e. The lowest BCUT2D eigenvalue weighted by atomic mass is 9.77. The zero-order chi connectivity index (χ0) is 30.4. The van der Waals surface area contributed by atoms with E-state index in [1.165, 1.54) is 12.1 Å². The fourth-order valence-corrected chi connectivity index (χ4v) is 5.59. The van der Waals surface area contributed by atoms with E-state index in [2.05, 4.69) is 30.9 Å². The van der Waals surface area contributed by atoms with E-state index >= 15 is 0 Å². The van der Waals surface area contributed by atoms with Crippen LogP contribution in [0.4, 0.5) is 18.9 Å². The standard InChI is InChI=1S/C31H32F3N7O2/c32-31(33,34)28-26(2-1-15-36-28)21-7-3-19(4-8-21)16-24(17-27(42)22-9-5-20(18-35)6-10-22)30(43)37-25-13-11-23(12-14-25)29-38-40-41-39-29/h1-4,7-8,11-15,20,22,24H,5-6,9-10,16-18,35H2,(H,37,43)(H,38,39,40,41)/t20?,22?,24-/m1/s1. The van der Waals surface area contributed by atoms with E-state index in [9.17, 15) is 22.8 Å². The van der Waals surface area contributed by atoms with Crippen molar-refractivity contribution < 1.29 is 22.8 Å². The third-order valence-corrected chi connectivity index (χ3v) is 8.03. The molecule has 0 unspecified atom stereocenters. The van der Waals surface area contributed by atoms with Gasteiger partial charge >= 0.3 is 6.18 Å². The number of aromatic nitrogens is 5. The van der Waals surface area contributed by atoms with Crippen LogP contribution in [0.25, 0.3) is 22.5 Å². The Labute approximate surface area is 246 Å². The Morgan fingerprint density at radius 2 is 1.67 bits per heavy atom. The van der Waals surface area contributed by atoms with Gasteiger partial charge in [-0.05, 0) is 91.2 Å². The first-order chi connectivity index (χ1) is 20.7. The minimum Gasteiger partial charge on any atom is -0.330 e. The molecule has 12 heteroatoms. The van der Waals surface area contributed by atoms with Gasteiger partial charge in [-0.1, -0.05) is 30.3 Å². The number of H-pyrrole nitrogens is 1. The number of nitrogens with two attached hydrogens (primary N) is 1. The predicted molar refractivity (Wildman–Crippen MR) is 154 cm³/mol. The number of amides is 1. The van der Waals surface area contributed by atoms with Crippen molar-refractivity contribution in [2.45, 2.75) is 44.7 Å². The Kier molecular flexibility index (Phi) is 9.24. The number of carbonyl (C=O) groups is 2. The van der Waals surface area contributed by atoms with Gasteiger partial charge < -0.3 is 11.1 Å². The number of rotatable bonds is 10. The van der Waals surface area contributed by atoms with E-state index in [1.54, 1.807) is 48.5 Å². The second kappa shape index (κ2) is 13.2. The van der Waals surface area contributed by atoms with Gasteiger partial charge in [0.25, 0.3) is 0 Å². The summed E-state index contributed by atoms with van der Waals surface area (Å²) in [6.45, 7) is 0.608. The number of nitrogens with one attached hydrogen (secondary N) is 2. The average Bonchev–Trinajstić information content (AvgIpc) is 3.56. The number of nitrogens with zero attached hydrogens (tertiary/aromatic N) is 4. The third kappa shape index (κ3) is 7.50. The van der Waals surface area contributed by atoms with Gasteiger partial charge in [0.05, 0.1) is 0 Å². The lowest BCUT2D eigenvalue weighted by Crippen LogP contribution is -2.31. The number of alkyl halides is 3. The van der Waals surface area contributed by atoms with Crippen LogP contribution in [-0.4, -0.2) is 43.8 Å². The topological polar surface area (TPSA) is 140 Å². The van der Waals surface area contributed by atoms with Crippen molar-refractivity contribution in [2.75, 3.05) is 11.9 Å². The summed E-state index contributed by atoms with van der Waals surface area (Å²) in [6.07, 6.45) is 0.137. The molecule has 1 aliphatic carbocycles. The summed E-state index contributed by atoms with van der Waals surface area (Å²) < 4.78 is 40.5. The highest BCUT2D eigenvalue weighted by Gasteiger charge is 2.35. The first-order valence-electron chi connectivity index (χ1n) is 14.2. The van der Waals surface area contributed by atoms with Crippen molar-refractivity contribution in [3.05, 3.63) is 78.1 Å². The minimum atomic E-state index is -4.59. The van der Waals surface area contributed by atoms with E-state index < -0.39 is 17.8 Å². The lowest BCUT2D eigenvalue weighted by molar-refractivity contribution is -0.140. The second-order valence-corrected chi connectivity index (χ2v) is 10.9. The summed E-state index contributed by atoms with van der Waals surface area (Å²) in [5.41, 5.74) is 7.18. The summed E-state index contributed by atoms with van der Waals surface area (Å²) in [5.74, 6) is -0.206. The van der Waals surface area contributed by atoms with Crippen molar-refractivity contribution in [3.8, 4) is 22.5 Å². The Morgan fingerprint density at radius 3 is 2.30 bits per heavy atom. The first kappa shape index (κ1) is 30.0. The molecule has 9 nitrogen and oxygen atoms in total. The number of ketones is 1. The van der Waals surface area contributed by atoms with Gasteiger partial charge in [-0.3, -0.25) is 14.6 Å². The smallest absolute Gasteiger partial charge is 0.330 e. The summed E-state index contributed by atoms with van der Waals surface area (Å²) in [7, 11) is 0. The van der Waals surface area contributed by atoms with E-state index in [0.717, 1.165) is 37.4 Å². The number of carbonyl (C=O) groups excluding carboxylic acids is 2. The third-order valence-electron chi connectivity index (χ3n) is 8.03. The Morgan fingerprint density at radius 1 is 0.977 bits per heavy atom. The SMILES string of the molecule is NCC1CCC(C(=O)C[C@@H](Cc2ccc(-c3cccnc3C(F)(F)F)cc2)C(=O)Nc2ccc(-c3nn[nH]n3)cc2)CC1. The van der Waals surface area contributed by atoms with Crippen LogP contribution in [0.1, 0.15) is 43.4 Å². The summed E-state index contributed by atoms with van der Waals surface area (Å²) >= 11 is 0. The molecule has 43 heavy (non-hydrogen) atoms. The number of benzene rings is 2. The molecule has 2 aromatic carbocycles. The molecule has 1 saturated carbocycles. The molecule has 0 aliphatic heterocycles. The van der Waals surface area contributed by atoms with Gasteiger partial charge in [0.15, 0.2) is 5.69 Å². The number of hydrogen-bond acceptors (Lipinski definition) is 7. The highest BCUT2D eigenvalue weighted by atomic mass is 19.4. The van der Waals surface area contributed by atoms with E-state index in [4.69, 9.17) is 5.73 Å². The van der Waals surface area contributed by atoms with E-state index in [1.807, 2.05) is 0 Å². The molecule has 0 saturated heterocycles. The fraction of sp³-hybridized carbons (Fsp3) is 0.355. The number of aromatic amines is 1. The Balaban J connectivity index is 1.33. The zero-order valence-corrected chi connectivity index (χ0v) is 23.3. The first-order valence-corrected chi connectivity index (χ1v) is 14.2. The number of Topliss-reactive ketones (excluding diaryl/α,β-unsaturated/α-hetero) is 1. The molecule has 0 radical (unpaired) electrons. The molecule has 1 amide bonds. The maximum atomic E-state index is 13.5. The Bertz CT molecular complexity index is 1520. The monoisotopic (exact) mass is 591 g/mol. The van der Waals surface area contributed by atoms with Crippen LogP contribution in [0.5, 0.6) is 0 Å².